The van der Waals surface area contributed by atoms with E-state index in [4.69, 9.17) is 9.47 Å². The van der Waals surface area contributed by atoms with Gasteiger partial charge in [0.15, 0.2) is 0 Å². The van der Waals surface area contributed by atoms with Crippen LogP contribution < -0.4 is 5.32 Å². The Morgan fingerprint density at radius 2 is 2.31 bits per heavy atom. The number of likely N-dealkylation sites (N-methyl/N-ethyl adjacent to an activating group) is 1. The van der Waals surface area contributed by atoms with Crippen molar-refractivity contribution in [1.82, 2.24) is 5.32 Å². The van der Waals surface area contributed by atoms with Crippen LogP contribution in [0.3, 0.4) is 0 Å². The molecule has 0 aromatic carbocycles. The molecule has 0 radical (unpaired) electrons. The normalized spacial score (nSPS) is 25.2. The number of rotatable bonds is 5. The third kappa shape index (κ3) is 2.11. The lowest BCUT2D eigenvalue weighted by Gasteiger charge is -2.48. The molecule has 0 saturated heterocycles. The van der Waals surface area contributed by atoms with Crippen LogP contribution in [-0.4, -0.2) is 31.9 Å². The molecule has 0 amide bonds. The molecule has 92 valence electrons. The Balaban J connectivity index is 2.12. The van der Waals surface area contributed by atoms with E-state index < -0.39 is 0 Å². The van der Waals surface area contributed by atoms with Gasteiger partial charge < -0.3 is 14.8 Å². The minimum Gasteiger partial charge on any atom is -0.501 e. The third-order valence-corrected chi connectivity index (χ3v) is 3.87. The van der Waals surface area contributed by atoms with Gasteiger partial charge in [-0.3, -0.25) is 0 Å². The van der Waals surface area contributed by atoms with E-state index in [2.05, 4.69) is 12.2 Å². The van der Waals surface area contributed by atoms with Gasteiger partial charge in [-0.05, 0) is 44.2 Å². The molecular formula is C13H23NO2. The molecule has 0 bridgehead atoms. The SMILES string of the molecule is CCNC(C1=COCCC1)C1(OC)CCC1. The highest BCUT2D eigenvalue weighted by molar-refractivity contribution is 5.19. The van der Waals surface area contributed by atoms with Gasteiger partial charge in [-0.15, -0.1) is 0 Å². The fourth-order valence-corrected chi connectivity index (χ4v) is 2.79. The highest BCUT2D eigenvalue weighted by Crippen LogP contribution is 2.41. The van der Waals surface area contributed by atoms with E-state index in [1.165, 1.54) is 24.8 Å². The zero-order chi connectivity index (χ0) is 11.4. The molecule has 2 rings (SSSR count). The first-order valence-corrected chi connectivity index (χ1v) is 6.41. The molecule has 1 heterocycles. The predicted molar refractivity (Wildman–Crippen MR) is 64.3 cm³/mol. The van der Waals surface area contributed by atoms with E-state index in [0.717, 1.165) is 26.0 Å². The summed E-state index contributed by atoms with van der Waals surface area (Å²) in [6.07, 6.45) is 7.84. The standard InChI is InChI=1S/C13H23NO2/c1-3-14-12(11-6-4-9-16-10-11)13(15-2)7-5-8-13/h10,12,14H,3-9H2,1-2H3. The highest BCUT2D eigenvalue weighted by Gasteiger charge is 2.45. The Bertz CT molecular complexity index is 253. The van der Waals surface area contributed by atoms with E-state index in [-0.39, 0.29) is 5.60 Å². The third-order valence-electron chi connectivity index (χ3n) is 3.87. The topological polar surface area (TPSA) is 30.5 Å². The van der Waals surface area contributed by atoms with Crippen LogP contribution in [0.1, 0.15) is 39.0 Å². The predicted octanol–water partition coefficient (Wildman–Crippen LogP) is 2.23. The lowest BCUT2D eigenvalue weighted by molar-refractivity contribution is -0.0912. The minimum atomic E-state index is 0.0303. The average molecular weight is 225 g/mol. The molecule has 3 nitrogen and oxygen atoms in total. The molecule has 1 fully saturated rings. The van der Waals surface area contributed by atoms with Gasteiger partial charge in [0.25, 0.3) is 0 Å². The van der Waals surface area contributed by atoms with Crippen LogP contribution >= 0.6 is 0 Å². The monoisotopic (exact) mass is 225 g/mol. The molecule has 1 unspecified atom stereocenters. The van der Waals surface area contributed by atoms with Crippen LogP contribution in [0.2, 0.25) is 0 Å². The molecule has 1 aliphatic carbocycles. The first kappa shape index (κ1) is 11.9. The molecule has 2 aliphatic rings. The van der Waals surface area contributed by atoms with Crippen molar-refractivity contribution in [1.29, 1.82) is 0 Å². The Kier molecular flexibility index (Phi) is 3.87. The van der Waals surface area contributed by atoms with Crippen molar-refractivity contribution >= 4 is 0 Å². The zero-order valence-corrected chi connectivity index (χ0v) is 10.4. The number of hydrogen-bond acceptors (Lipinski definition) is 3. The molecule has 1 saturated carbocycles. The number of hydrogen-bond donors (Lipinski definition) is 1. The van der Waals surface area contributed by atoms with Crippen LogP contribution in [0.5, 0.6) is 0 Å². The molecule has 3 heteroatoms. The summed E-state index contributed by atoms with van der Waals surface area (Å²) in [6.45, 7) is 3.99. The Hall–Kier alpha value is -0.540. The Labute approximate surface area is 98.2 Å². The van der Waals surface area contributed by atoms with Gasteiger partial charge in [0.2, 0.25) is 0 Å². The molecule has 16 heavy (non-hydrogen) atoms. The van der Waals surface area contributed by atoms with E-state index in [9.17, 15) is 0 Å². The van der Waals surface area contributed by atoms with Gasteiger partial charge in [-0.2, -0.15) is 0 Å². The summed E-state index contributed by atoms with van der Waals surface area (Å²) in [6, 6.07) is 0.344. The highest BCUT2D eigenvalue weighted by atomic mass is 16.5. The average Bonchev–Trinajstić information content (AvgIpc) is 2.28. The lowest BCUT2D eigenvalue weighted by Crippen LogP contribution is -2.57. The maximum Gasteiger partial charge on any atom is 0.0876 e. The quantitative estimate of drug-likeness (QED) is 0.778. The van der Waals surface area contributed by atoms with E-state index in [1.807, 2.05) is 13.4 Å². The van der Waals surface area contributed by atoms with Crippen molar-refractivity contribution in [2.75, 3.05) is 20.3 Å². The number of ether oxygens (including phenoxy) is 2. The number of methoxy groups -OCH3 is 1. The van der Waals surface area contributed by atoms with Gasteiger partial charge in [0.05, 0.1) is 24.5 Å². The fraction of sp³-hybridized carbons (Fsp3) is 0.846. The Morgan fingerprint density at radius 3 is 2.75 bits per heavy atom. The van der Waals surface area contributed by atoms with Crippen molar-refractivity contribution < 1.29 is 9.47 Å². The van der Waals surface area contributed by atoms with Crippen molar-refractivity contribution in [2.24, 2.45) is 0 Å². The van der Waals surface area contributed by atoms with E-state index in [0.29, 0.717) is 6.04 Å². The molecule has 0 spiro atoms. The second-order valence-electron chi connectivity index (χ2n) is 4.78. The second-order valence-corrected chi connectivity index (χ2v) is 4.78. The summed E-state index contributed by atoms with van der Waals surface area (Å²) in [7, 11) is 1.84. The number of nitrogens with one attached hydrogen (secondary N) is 1. The summed E-state index contributed by atoms with van der Waals surface area (Å²) in [4.78, 5) is 0. The van der Waals surface area contributed by atoms with Crippen molar-refractivity contribution in [2.45, 2.75) is 50.7 Å². The molecule has 0 aromatic heterocycles. The second kappa shape index (κ2) is 5.19. The fourth-order valence-electron chi connectivity index (χ4n) is 2.79. The maximum absolute atomic E-state index is 5.78. The van der Waals surface area contributed by atoms with Gasteiger partial charge in [-0.1, -0.05) is 6.92 Å². The summed E-state index contributed by atoms with van der Waals surface area (Å²) in [5, 5.41) is 3.57. The Morgan fingerprint density at radius 1 is 1.50 bits per heavy atom. The van der Waals surface area contributed by atoms with Crippen molar-refractivity contribution in [3.8, 4) is 0 Å². The van der Waals surface area contributed by atoms with Crippen molar-refractivity contribution in [3.63, 3.8) is 0 Å². The summed E-state index contributed by atoms with van der Waals surface area (Å²) < 4.78 is 11.2. The van der Waals surface area contributed by atoms with Gasteiger partial charge in [0, 0.05) is 7.11 Å². The maximum atomic E-state index is 5.78. The van der Waals surface area contributed by atoms with Crippen molar-refractivity contribution in [3.05, 3.63) is 11.8 Å². The molecule has 1 N–H and O–H groups in total. The van der Waals surface area contributed by atoms with Crippen LogP contribution in [0.4, 0.5) is 0 Å². The van der Waals surface area contributed by atoms with Gasteiger partial charge in [-0.25, -0.2) is 0 Å². The smallest absolute Gasteiger partial charge is 0.0876 e. The summed E-state index contributed by atoms with van der Waals surface area (Å²) >= 11 is 0. The lowest BCUT2D eigenvalue weighted by atomic mass is 9.71. The first-order chi connectivity index (χ1) is 7.82. The van der Waals surface area contributed by atoms with Crippen LogP contribution in [0.25, 0.3) is 0 Å². The van der Waals surface area contributed by atoms with Crippen LogP contribution in [0, 0.1) is 0 Å². The molecule has 0 aromatic rings. The van der Waals surface area contributed by atoms with Crippen LogP contribution in [-0.2, 0) is 9.47 Å². The van der Waals surface area contributed by atoms with Gasteiger partial charge in [0.1, 0.15) is 0 Å². The minimum absolute atomic E-state index is 0.0303. The van der Waals surface area contributed by atoms with Gasteiger partial charge >= 0.3 is 0 Å². The molecule has 1 aliphatic heterocycles. The largest absolute Gasteiger partial charge is 0.501 e. The van der Waals surface area contributed by atoms with Crippen LogP contribution in [0.15, 0.2) is 11.8 Å². The first-order valence-electron chi connectivity index (χ1n) is 6.41. The van der Waals surface area contributed by atoms with E-state index >= 15 is 0 Å². The summed E-state index contributed by atoms with van der Waals surface area (Å²) in [5.74, 6) is 0. The summed E-state index contributed by atoms with van der Waals surface area (Å²) in [5.41, 5.74) is 1.41. The molecular weight excluding hydrogens is 202 g/mol. The zero-order valence-electron chi connectivity index (χ0n) is 10.4. The molecule has 1 atom stereocenters. The van der Waals surface area contributed by atoms with E-state index in [1.54, 1.807) is 0 Å².